The molecular weight excluding hydrogens is 340 g/mol. The van der Waals surface area contributed by atoms with E-state index in [2.05, 4.69) is 29.0 Å². The number of likely N-dealkylation sites (tertiary alicyclic amines) is 1. The molecular formula is C17H24N4O3S. The monoisotopic (exact) mass is 364 g/mol. The van der Waals surface area contributed by atoms with Crippen LogP contribution in [0.3, 0.4) is 0 Å². The number of hydrogen-bond donors (Lipinski definition) is 2. The normalized spacial score (nSPS) is 21.5. The second-order valence-corrected chi connectivity index (χ2v) is 7.86. The van der Waals surface area contributed by atoms with Crippen molar-refractivity contribution in [3.63, 3.8) is 0 Å². The molecule has 0 aliphatic carbocycles. The van der Waals surface area contributed by atoms with Crippen LogP contribution in [-0.4, -0.2) is 51.5 Å². The lowest BCUT2D eigenvalue weighted by atomic mass is 9.92. The fourth-order valence-corrected chi connectivity index (χ4v) is 4.34. The fraction of sp³-hybridized carbons (Fsp3) is 0.588. The molecule has 1 fully saturated rings. The Kier molecular flexibility index (Phi) is 5.39. The van der Waals surface area contributed by atoms with E-state index in [1.807, 2.05) is 0 Å². The number of rotatable bonds is 5. The Labute approximate surface area is 150 Å². The molecule has 1 aliphatic rings. The second kappa shape index (κ2) is 7.53. The van der Waals surface area contributed by atoms with E-state index in [0.717, 1.165) is 26.1 Å². The Hall–Kier alpha value is -1.93. The molecule has 0 radical (unpaired) electrons. The third kappa shape index (κ3) is 4.01. The van der Waals surface area contributed by atoms with Gasteiger partial charge in [-0.25, -0.2) is 0 Å². The van der Waals surface area contributed by atoms with Gasteiger partial charge in [-0.3, -0.25) is 14.0 Å². The highest BCUT2D eigenvalue weighted by molar-refractivity contribution is 7.15. The molecule has 2 N–H and O–H groups in total. The van der Waals surface area contributed by atoms with Crippen molar-refractivity contribution in [2.75, 3.05) is 26.2 Å². The average molecular weight is 364 g/mol. The van der Waals surface area contributed by atoms with Crippen LogP contribution in [0.2, 0.25) is 0 Å². The van der Waals surface area contributed by atoms with Crippen molar-refractivity contribution < 1.29 is 9.90 Å². The standard InChI is InChI=1S/C17H24N4O3S/c1-11-8-12(2)10-20(9-11)5-3-4-18-14(22)13-15(23)19-17-21(16(13)24)6-7-25-17/h6-7,11-12,23H,3-5,8-10H2,1-2H3,(H,18,22)/t11-,12+. The van der Waals surface area contributed by atoms with Gasteiger partial charge in [-0.2, -0.15) is 4.98 Å². The minimum atomic E-state index is -0.573. The molecule has 25 heavy (non-hydrogen) atoms. The third-order valence-corrected chi connectivity index (χ3v) is 5.31. The summed E-state index contributed by atoms with van der Waals surface area (Å²) in [5.41, 5.74) is -0.837. The van der Waals surface area contributed by atoms with Gasteiger partial charge in [-0.05, 0) is 31.2 Å². The maximum atomic E-state index is 12.3. The predicted molar refractivity (Wildman–Crippen MR) is 97.3 cm³/mol. The van der Waals surface area contributed by atoms with Crippen molar-refractivity contribution >= 4 is 22.2 Å². The summed E-state index contributed by atoms with van der Waals surface area (Å²) in [4.78, 5) is 31.3. The number of hydrogen-bond acceptors (Lipinski definition) is 6. The van der Waals surface area contributed by atoms with Crippen molar-refractivity contribution in [1.82, 2.24) is 19.6 Å². The SMILES string of the molecule is C[C@@H]1C[C@H](C)CN(CCCNC(=O)c2c(O)nc3sccn3c2=O)C1. The van der Waals surface area contributed by atoms with E-state index < -0.39 is 17.3 Å². The van der Waals surface area contributed by atoms with E-state index in [-0.39, 0.29) is 5.56 Å². The second-order valence-electron chi connectivity index (χ2n) is 6.99. The van der Waals surface area contributed by atoms with Crippen LogP contribution in [0.25, 0.3) is 4.96 Å². The Morgan fingerprint density at radius 3 is 2.84 bits per heavy atom. The van der Waals surface area contributed by atoms with E-state index in [0.29, 0.717) is 23.3 Å². The van der Waals surface area contributed by atoms with Gasteiger partial charge < -0.3 is 15.3 Å². The molecule has 3 heterocycles. The van der Waals surface area contributed by atoms with E-state index >= 15 is 0 Å². The largest absolute Gasteiger partial charge is 0.492 e. The number of nitrogens with one attached hydrogen (secondary N) is 1. The van der Waals surface area contributed by atoms with Crippen LogP contribution in [0.15, 0.2) is 16.4 Å². The van der Waals surface area contributed by atoms with Crippen LogP contribution in [0.4, 0.5) is 0 Å². The minimum absolute atomic E-state index is 0.295. The molecule has 0 spiro atoms. The zero-order valence-electron chi connectivity index (χ0n) is 14.6. The highest BCUT2D eigenvalue weighted by atomic mass is 32.1. The molecule has 0 bridgehead atoms. The van der Waals surface area contributed by atoms with Gasteiger partial charge in [-0.15, -0.1) is 11.3 Å². The van der Waals surface area contributed by atoms with Gasteiger partial charge in [0.05, 0.1) is 0 Å². The molecule has 8 heteroatoms. The molecule has 2 aromatic heterocycles. The van der Waals surface area contributed by atoms with Crippen LogP contribution >= 0.6 is 11.3 Å². The number of carbonyl (C=O) groups excluding carboxylic acids is 1. The lowest BCUT2D eigenvalue weighted by molar-refractivity contribution is 0.0942. The van der Waals surface area contributed by atoms with E-state index in [1.165, 1.54) is 22.2 Å². The smallest absolute Gasteiger partial charge is 0.275 e. The summed E-state index contributed by atoms with van der Waals surface area (Å²) in [6.45, 7) is 8.12. The predicted octanol–water partition coefficient (Wildman–Crippen LogP) is 1.56. The first-order valence-corrected chi connectivity index (χ1v) is 9.53. The zero-order valence-corrected chi connectivity index (χ0v) is 15.4. The van der Waals surface area contributed by atoms with Gasteiger partial charge in [0.15, 0.2) is 10.5 Å². The van der Waals surface area contributed by atoms with E-state index in [1.54, 1.807) is 11.6 Å². The van der Waals surface area contributed by atoms with Gasteiger partial charge in [-0.1, -0.05) is 13.8 Å². The van der Waals surface area contributed by atoms with Gasteiger partial charge in [0, 0.05) is 31.2 Å². The molecule has 1 amide bonds. The molecule has 136 valence electrons. The Morgan fingerprint density at radius 1 is 1.40 bits per heavy atom. The number of thiazole rings is 1. The Bertz CT molecular complexity index is 806. The molecule has 2 aromatic rings. The van der Waals surface area contributed by atoms with Crippen LogP contribution in [0, 0.1) is 11.8 Å². The van der Waals surface area contributed by atoms with Gasteiger partial charge in [0.25, 0.3) is 11.5 Å². The van der Waals surface area contributed by atoms with Crippen molar-refractivity contribution in [2.45, 2.75) is 26.7 Å². The summed E-state index contributed by atoms with van der Waals surface area (Å²) in [6.07, 6.45) is 3.63. The topological polar surface area (TPSA) is 86.9 Å². The first-order valence-electron chi connectivity index (χ1n) is 8.65. The van der Waals surface area contributed by atoms with Gasteiger partial charge in [0.1, 0.15) is 0 Å². The molecule has 7 nitrogen and oxygen atoms in total. The maximum Gasteiger partial charge on any atom is 0.275 e. The fourth-order valence-electron chi connectivity index (χ4n) is 3.64. The van der Waals surface area contributed by atoms with Crippen molar-refractivity contribution in [3.05, 3.63) is 27.5 Å². The summed E-state index contributed by atoms with van der Waals surface area (Å²) in [5.74, 6) is 0.331. The molecule has 1 aliphatic heterocycles. The van der Waals surface area contributed by atoms with Crippen LogP contribution in [0.5, 0.6) is 5.88 Å². The number of aromatic hydroxyl groups is 1. The van der Waals surface area contributed by atoms with Gasteiger partial charge >= 0.3 is 0 Å². The Morgan fingerprint density at radius 2 is 2.12 bits per heavy atom. The maximum absolute atomic E-state index is 12.3. The summed E-state index contributed by atoms with van der Waals surface area (Å²) in [5, 5.41) is 14.3. The number of nitrogens with zero attached hydrogens (tertiary/aromatic N) is 3. The average Bonchev–Trinajstić information content (AvgIpc) is 2.99. The molecule has 0 saturated carbocycles. The van der Waals surface area contributed by atoms with Crippen LogP contribution < -0.4 is 10.9 Å². The number of aromatic nitrogens is 2. The molecule has 0 unspecified atom stereocenters. The number of amides is 1. The highest BCUT2D eigenvalue weighted by Gasteiger charge is 2.22. The van der Waals surface area contributed by atoms with E-state index in [4.69, 9.17) is 0 Å². The lowest BCUT2D eigenvalue weighted by Crippen LogP contribution is -2.40. The summed E-state index contributed by atoms with van der Waals surface area (Å²) in [6, 6.07) is 0. The van der Waals surface area contributed by atoms with Gasteiger partial charge in [0.2, 0.25) is 5.88 Å². The molecule has 3 rings (SSSR count). The third-order valence-electron chi connectivity index (χ3n) is 4.56. The summed E-state index contributed by atoms with van der Waals surface area (Å²) < 4.78 is 1.27. The first-order chi connectivity index (χ1) is 12.0. The summed E-state index contributed by atoms with van der Waals surface area (Å²) in [7, 11) is 0. The minimum Gasteiger partial charge on any atom is -0.492 e. The van der Waals surface area contributed by atoms with Crippen molar-refractivity contribution in [2.24, 2.45) is 11.8 Å². The van der Waals surface area contributed by atoms with E-state index in [9.17, 15) is 14.7 Å². The summed E-state index contributed by atoms with van der Waals surface area (Å²) >= 11 is 1.23. The number of piperidine rings is 1. The molecule has 0 aromatic carbocycles. The van der Waals surface area contributed by atoms with Crippen LogP contribution in [-0.2, 0) is 0 Å². The zero-order chi connectivity index (χ0) is 18.0. The quantitative estimate of drug-likeness (QED) is 0.786. The lowest BCUT2D eigenvalue weighted by Gasteiger charge is -2.34. The van der Waals surface area contributed by atoms with Crippen molar-refractivity contribution in [3.8, 4) is 5.88 Å². The molecule has 1 saturated heterocycles. The number of carbonyl (C=O) groups is 1. The van der Waals surface area contributed by atoms with Crippen molar-refractivity contribution in [1.29, 1.82) is 0 Å². The number of fused-ring (bicyclic) bond motifs is 1. The highest BCUT2D eigenvalue weighted by Crippen LogP contribution is 2.20. The van der Waals surface area contributed by atoms with Crippen LogP contribution in [0.1, 0.15) is 37.0 Å². The Balaban J connectivity index is 1.56. The molecule has 2 atom stereocenters. The first kappa shape index (κ1) is 17.9.